The van der Waals surface area contributed by atoms with Crippen molar-refractivity contribution >= 4 is 5.97 Å². The molecule has 1 unspecified atom stereocenters. The summed E-state index contributed by atoms with van der Waals surface area (Å²) in [5.41, 5.74) is 0.370. The van der Waals surface area contributed by atoms with E-state index < -0.39 is 12.1 Å². The van der Waals surface area contributed by atoms with E-state index in [1.165, 1.54) is 10.9 Å². The van der Waals surface area contributed by atoms with Crippen molar-refractivity contribution in [3.05, 3.63) is 11.9 Å². The van der Waals surface area contributed by atoms with Crippen molar-refractivity contribution in [3.8, 4) is 0 Å². The molecule has 0 spiro atoms. The second-order valence-electron chi connectivity index (χ2n) is 4.04. The van der Waals surface area contributed by atoms with Gasteiger partial charge >= 0.3 is 5.97 Å². The van der Waals surface area contributed by atoms with Crippen LogP contribution in [0, 0.1) is 0 Å². The summed E-state index contributed by atoms with van der Waals surface area (Å²) < 4.78 is 6.65. The summed E-state index contributed by atoms with van der Waals surface area (Å²) in [5, 5.41) is 25.6. The van der Waals surface area contributed by atoms with Crippen molar-refractivity contribution in [1.82, 2.24) is 15.0 Å². The molecule has 0 fully saturated rings. The zero-order chi connectivity index (χ0) is 12.8. The molecule has 0 saturated heterocycles. The van der Waals surface area contributed by atoms with Crippen molar-refractivity contribution in [3.63, 3.8) is 0 Å². The molecule has 0 aliphatic heterocycles. The summed E-state index contributed by atoms with van der Waals surface area (Å²) in [6.45, 7) is 4.21. The fraction of sp³-hybridized carbons (Fsp3) is 0.700. The number of carbonyl (C=O) groups is 1. The van der Waals surface area contributed by atoms with E-state index in [-0.39, 0.29) is 25.7 Å². The number of nitrogens with zero attached hydrogens (tertiary/aromatic N) is 3. The molecule has 0 amide bonds. The summed E-state index contributed by atoms with van der Waals surface area (Å²) >= 11 is 0. The Morgan fingerprint density at radius 3 is 2.88 bits per heavy atom. The molecule has 96 valence electrons. The monoisotopic (exact) mass is 243 g/mol. The number of ether oxygens (including phenoxy) is 1. The first-order chi connectivity index (χ1) is 7.97. The van der Waals surface area contributed by atoms with Crippen LogP contribution in [-0.4, -0.2) is 50.0 Å². The quantitative estimate of drug-likeness (QED) is 0.681. The number of carboxylic acid groups (broad SMARTS) is 1. The number of carboxylic acids is 1. The van der Waals surface area contributed by atoms with Gasteiger partial charge in [-0.15, -0.1) is 5.10 Å². The van der Waals surface area contributed by atoms with E-state index in [9.17, 15) is 9.90 Å². The van der Waals surface area contributed by atoms with Gasteiger partial charge in [-0.1, -0.05) is 5.21 Å². The van der Waals surface area contributed by atoms with Crippen LogP contribution in [0.2, 0.25) is 0 Å². The molecule has 0 aliphatic rings. The number of rotatable bonds is 7. The summed E-state index contributed by atoms with van der Waals surface area (Å²) in [6, 6.07) is 0. The molecule has 1 heterocycles. The standard InChI is InChI=1S/C10H17N3O4/c1-7(2)17-6-9(14)5-13-4-8(11-12-13)3-10(15)16/h4,7,9,14H,3,5-6H2,1-2H3,(H,15,16). The number of aliphatic hydroxyl groups is 1. The van der Waals surface area contributed by atoms with Crippen LogP contribution in [0.25, 0.3) is 0 Å². The van der Waals surface area contributed by atoms with Crippen molar-refractivity contribution in [1.29, 1.82) is 0 Å². The zero-order valence-corrected chi connectivity index (χ0v) is 9.91. The Morgan fingerprint density at radius 1 is 1.59 bits per heavy atom. The normalized spacial score (nSPS) is 12.9. The van der Waals surface area contributed by atoms with Crippen LogP contribution < -0.4 is 0 Å². The van der Waals surface area contributed by atoms with Crippen molar-refractivity contribution in [2.75, 3.05) is 6.61 Å². The van der Waals surface area contributed by atoms with E-state index in [4.69, 9.17) is 9.84 Å². The molecular formula is C10H17N3O4. The van der Waals surface area contributed by atoms with Gasteiger partial charge < -0.3 is 14.9 Å². The van der Waals surface area contributed by atoms with E-state index in [0.29, 0.717) is 5.69 Å². The topological polar surface area (TPSA) is 97.5 Å². The van der Waals surface area contributed by atoms with Crippen LogP contribution in [-0.2, 0) is 22.5 Å². The minimum Gasteiger partial charge on any atom is -0.481 e. The average molecular weight is 243 g/mol. The van der Waals surface area contributed by atoms with E-state index in [1.807, 2.05) is 13.8 Å². The Hall–Kier alpha value is -1.47. The fourth-order valence-corrected chi connectivity index (χ4v) is 1.24. The first kappa shape index (κ1) is 13.6. The molecular weight excluding hydrogens is 226 g/mol. The van der Waals surface area contributed by atoms with Gasteiger partial charge in [0.1, 0.15) is 0 Å². The Kier molecular flexibility index (Phi) is 5.05. The first-order valence-corrected chi connectivity index (χ1v) is 5.38. The lowest BCUT2D eigenvalue weighted by atomic mass is 10.3. The molecule has 1 atom stereocenters. The van der Waals surface area contributed by atoms with Gasteiger partial charge in [0, 0.05) is 6.20 Å². The molecule has 0 aliphatic carbocycles. The maximum Gasteiger partial charge on any atom is 0.309 e. The maximum absolute atomic E-state index is 10.4. The average Bonchev–Trinajstić information content (AvgIpc) is 2.61. The smallest absolute Gasteiger partial charge is 0.309 e. The van der Waals surface area contributed by atoms with E-state index in [2.05, 4.69) is 10.3 Å². The van der Waals surface area contributed by atoms with Gasteiger partial charge in [0.2, 0.25) is 0 Å². The SMILES string of the molecule is CC(C)OCC(O)Cn1cc(CC(=O)O)nn1. The van der Waals surface area contributed by atoms with Gasteiger partial charge in [-0.2, -0.15) is 0 Å². The van der Waals surface area contributed by atoms with Crippen molar-refractivity contribution in [2.45, 2.75) is 39.0 Å². The predicted octanol–water partition coefficient (Wildman–Crippen LogP) is -0.309. The Bertz CT molecular complexity index is 364. The number of hydrogen-bond acceptors (Lipinski definition) is 5. The number of aliphatic hydroxyl groups excluding tert-OH is 1. The van der Waals surface area contributed by atoms with Gasteiger partial charge in [0.05, 0.1) is 37.5 Å². The number of hydrogen-bond donors (Lipinski definition) is 2. The molecule has 7 heteroatoms. The number of aliphatic carboxylic acids is 1. The molecule has 7 nitrogen and oxygen atoms in total. The third-order valence-corrected chi connectivity index (χ3v) is 1.94. The minimum absolute atomic E-state index is 0.0583. The first-order valence-electron chi connectivity index (χ1n) is 5.38. The summed E-state index contributed by atoms with van der Waals surface area (Å²) in [4.78, 5) is 10.4. The highest BCUT2D eigenvalue weighted by Crippen LogP contribution is 1.98. The Balaban J connectivity index is 2.40. The van der Waals surface area contributed by atoms with Gasteiger partial charge in [-0.25, -0.2) is 4.68 Å². The highest BCUT2D eigenvalue weighted by atomic mass is 16.5. The van der Waals surface area contributed by atoms with Gasteiger partial charge in [0.25, 0.3) is 0 Å². The largest absolute Gasteiger partial charge is 0.481 e. The molecule has 0 aromatic carbocycles. The molecule has 17 heavy (non-hydrogen) atoms. The van der Waals surface area contributed by atoms with E-state index >= 15 is 0 Å². The Morgan fingerprint density at radius 2 is 2.29 bits per heavy atom. The predicted molar refractivity (Wildman–Crippen MR) is 58.5 cm³/mol. The van der Waals surface area contributed by atoms with Gasteiger partial charge in [-0.05, 0) is 13.8 Å². The van der Waals surface area contributed by atoms with E-state index in [0.717, 1.165) is 0 Å². The number of aromatic nitrogens is 3. The molecule has 1 aromatic rings. The summed E-state index contributed by atoms with van der Waals surface area (Å²) in [5.74, 6) is -0.958. The lowest BCUT2D eigenvalue weighted by Crippen LogP contribution is -2.24. The lowest BCUT2D eigenvalue weighted by Gasteiger charge is -2.12. The Labute approximate surface area is 99.0 Å². The van der Waals surface area contributed by atoms with Gasteiger partial charge in [0.15, 0.2) is 0 Å². The molecule has 0 saturated carbocycles. The van der Waals surface area contributed by atoms with E-state index in [1.54, 1.807) is 0 Å². The molecule has 1 rings (SSSR count). The molecule has 0 radical (unpaired) electrons. The summed E-state index contributed by atoms with van der Waals surface area (Å²) in [6.07, 6.45) is 0.713. The highest BCUT2D eigenvalue weighted by molar-refractivity contribution is 5.69. The van der Waals surface area contributed by atoms with Crippen LogP contribution in [0.4, 0.5) is 0 Å². The lowest BCUT2D eigenvalue weighted by molar-refractivity contribution is -0.136. The minimum atomic E-state index is -0.958. The van der Waals surface area contributed by atoms with Crippen LogP contribution in [0.1, 0.15) is 19.5 Å². The second-order valence-corrected chi connectivity index (χ2v) is 4.04. The van der Waals surface area contributed by atoms with Crippen LogP contribution in [0.3, 0.4) is 0 Å². The third-order valence-electron chi connectivity index (χ3n) is 1.94. The molecule has 1 aromatic heterocycles. The van der Waals surface area contributed by atoms with Crippen molar-refractivity contribution in [2.24, 2.45) is 0 Å². The van der Waals surface area contributed by atoms with Crippen LogP contribution in [0.15, 0.2) is 6.20 Å². The highest BCUT2D eigenvalue weighted by Gasteiger charge is 2.10. The molecule has 0 bridgehead atoms. The zero-order valence-electron chi connectivity index (χ0n) is 9.91. The van der Waals surface area contributed by atoms with Crippen molar-refractivity contribution < 1.29 is 19.7 Å². The molecule has 2 N–H and O–H groups in total. The van der Waals surface area contributed by atoms with Crippen LogP contribution >= 0.6 is 0 Å². The third kappa shape index (κ3) is 5.41. The maximum atomic E-state index is 10.4. The van der Waals surface area contributed by atoms with Crippen LogP contribution in [0.5, 0.6) is 0 Å². The summed E-state index contributed by atoms with van der Waals surface area (Å²) in [7, 11) is 0. The van der Waals surface area contributed by atoms with Gasteiger partial charge in [-0.3, -0.25) is 4.79 Å². The second kappa shape index (κ2) is 6.31. The fourth-order valence-electron chi connectivity index (χ4n) is 1.24.